The van der Waals surface area contributed by atoms with E-state index in [2.05, 4.69) is 20.5 Å². The number of aliphatic carboxylic acids is 1. The Hall–Kier alpha value is -5.61. The van der Waals surface area contributed by atoms with Gasteiger partial charge in [0.2, 0.25) is 5.60 Å². The van der Waals surface area contributed by atoms with Gasteiger partial charge < -0.3 is 45.1 Å². The van der Waals surface area contributed by atoms with Gasteiger partial charge in [-0.3, -0.25) is 9.32 Å². The number of hydrogen-bond acceptors (Lipinski definition) is 15. The number of carbonyl (C=O) groups is 3. The van der Waals surface area contributed by atoms with Crippen molar-refractivity contribution in [1.82, 2.24) is 25.0 Å². The minimum atomic E-state index is -4.64. The molecule has 5 rings (SSSR count). The largest absolute Gasteiger partial charge is 0.480 e. The molecule has 1 aliphatic rings. The number of nitrogen functional groups attached to an aromatic ring is 1. The highest BCUT2D eigenvalue weighted by Crippen LogP contribution is 2.48. The van der Waals surface area contributed by atoms with Crippen molar-refractivity contribution in [3.63, 3.8) is 0 Å². The molecule has 20 heteroatoms. The van der Waals surface area contributed by atoms with Crippen LogP contribution in [-0.4, -0.2) is 91.6 Å². The highest BCUT2D eigenvalue weighted by molar-refractivity contribution is 7.52. The summed E-state index contributed by atoms with van der Waals surface area (Å²) in [5.41, 5.74) is 5.34. The predicted octanol–water partition coefficient (Wildman–Crippen LogP) is 1.64. The zero-order valence-corrected chi connectivity index (χ0v) is 29.2. The third-order valence-electron chi connectivity index (χ3n) is 8.19. The number of anilines is 1. The number of nitrogens with two attached hydrogens (primary N) is 1. The van der Waals surface area contributed by atoms with Crippen molar-refractivity contribution in [3.8, 4) is 11.8 Å². The Morgan fingerprint density at radius 3 is 2.49 bits per heavy atom. The summed E-state index contributed by atoms with van der Waals surface area (Å²) in [6.45, 7) is 0.318. The van der Waals surface area contributed by atoms with Crippen LogP contribution in [0, 0.1) is 11.3 Å². The lowest BCUT2D eigenvalue weighted by Gasteiger charge is -2.28. The fraction of sp³-hybridized carbons (Fsp3) is 0.333. The van der Waals surface area contributed by atoms with Crippen LogP contribution in [0.15, 0.2) is 73.1 Å². The molecule has 0 bridgehead atoms. The smallest absolute Gasteiger partial charge is 0.459 e. The number of alkyl carbamates (subject to hydrolysis) is 1. The summed E-state index contributed by atoms with van der Waals surface area (Å²) in [5, 5.41) is 50.7. The molecule has 0 saturated carbocycles. The van der Waals surface area contributed by atoms with E-state index in [0.717, 1.165) is 7.11 Å². The number of nitrogens with one attached hydrogen (secondary N) is 2. The lowest BCUT2D eigenvalue weighted by molar-refractivity contribution is -0.142. The van der Waals surface area contributed by atoms with Gasteiger partial charge in [0.15, 0.2) is 5.82 Å². The number of fused-ring (bicyclic) bond motifs is 1. The topological polar surface area (TPSA) is 279 Å². The van der Waals surface area contributed by atoms with Gasteiger partial charge in [-0.05, 0) is 42.3 Å². The third kappa shape index (κ3) is 8.89. The monoisotopic (exact) mass is 753 g/mol. The summed E-state index contributed by atoms with van der Waals surface area (Å²) in [7, 11) is -3.54. The predicted molar refractivity (Wildman–Crippen MR) is 182 cm³/mol. The van der Waals surface area contributed by atoms with Gasteiger partial charge in [0.05, 0.1) is 12.8 Å². The molecule has 0 radical (unpaired) electrons. The summed E-state index contributed by atoms with van der Waals surface area (Å²) >= 11 is 0. The number of methoxy groups -OCH3 is 1. The first-order valence-electron chi connectivity index (χ1n) is 15.9. The number of benzene rings is 2. The lowest BCUT2D eigenvalue weighted by atomic mass is 9.96. The first-order chi connectivity index (χ1) is 25.3. The van der Waals surface area contributed by atoms with Crippen LogP contribution in [0.25, 0.3) is 5.52 Å². The quantitative estimate of drug-likeness (QED) is 0.0743. The average Bonchev–Trinajstić information content (AvgIpc) is 3.69. The van der Waals surface area contributed by atoms with Gasteiger partial charge in [-0.2, -0.15) is 15.4 Å². The fourth-order valence-corrected chi connectivity index (χ4v) is 6.90. The number of hydrogen-bond donors (Lipinski definition) is 6. The molecule has 7 atom stereocenters. The number of carboxylic acid groups (broad SMARTS) is 1. The number of amides is 1. The van der Waals surface area contributed by atoms with Gasteiger partial charge in [-0.1, -0.05) is 42.5 Å². The number of esters is 1. The highest BCUT2D eigenvalue weighted by Gasteiger charge is 2.57. The normalized spacial score (nSPS) is 21.8. The minimum Gasteiger partial charge on any atom is -0.480 e. The van der Waals surface area contributed by atoms with E-state index in [9.17, 15) is 39.5 Å². The van der Waals surface area contributed by atoms with Crippen LogP contribution >= 0.6 is 7.75 Å². The summed E-state index contributed by atoms with van der Waals surface area (Å²) < 4.78 is 42.4. The molecule has 0 spiro atoms. The second kappa shape index (κ2) is 16.4. The van der Waals surface area contributed by atoms with Crippen molar-refractivity contribution < 1.29 is 57.5 Å². The van der Waals surface area contributed by atoms with Crippen LogP contribution < -0.4 is 20.7 Å². The Balaban J connectivity index is 1.29. The molecule has 1 aliphatic heterocycles. The van der Waals surface area contributed by atoms with E-state index in [-0.39, 0.29) is 30.3 Å². The number of nitriles is 1. The molecule has 19 nitrogen and oxygen atoms in total. The van der Waals surface area contributed by atoms with Gasteiger partial charge in [0, 0.05) is 6.42 Å². The van der Waals surface area contributed by atoms with Gasteiger partial charge in [0.25, 0.3) is 0 Å². The third-order valence-corrected chi connectivity index (χ3v) is 9.81. The fourth-order valence-electron chi connectivity index (χ4n) is 5.38. The van der Waals surface area contributed by atoms with Gasteiger partial charge in [-0.25, -0.2) is 23.7 Å². The number of rotatable bonds is 15. The second-order valence-electron chi connectivity index (χ2n) is 11.9. The Morgan fingerprint density at radius 1 is 1.11 bits per heavy atom. The molecule has 53 heavy (non-hydrogen) atoms. The molecule has 3 heterocycles. The van der Waals surface area contributed by atoms with Crippen molar-refractivity contribution in [1.29, 1.82) is 5.26 Å². The summed E-state index contributed by atoms with van der Waals surface area (Å²) in [6, 6.07) is 16.6. The number of aliphatic hydroxyl groups excluding tert-OH is 2. The van der Waals surface area contributed by atoms with Crippen molar-refractivity contribution in [2.45, 2.75) is 55.9 Å². The van der Waals surface area contributed by atoms with Crippen molar-refractivity contribution in [2.24, 2.45) is 0 Å². The maximum Gasteiger partial charge on any atom is 0.459 e. The number of carboxylic acids is 1. The highest BCUT2D eigenvalue weighted by atomic mass is 31.2. The number of aromatic nitrogens is 3. The zero-order valence-electron chi connectivity index (χ0n) is 28.3. The molecule has 3 unspecified atom stereocenters. The second-order valence-corrected chi connectivity index (χ2v) is 13.6. The molecule has 0 aliphatic carbocycles. The minimum absolute atomic E-state index is 0.0626. The Morgan fingerprint density at radius 2 is 1.83 bits per heavy atom. The first kappa shape index (κ1) is 38.6. The molecule has 280 valence electrons. The van der Waals surface area contributed by atoms with Gasteiger partial charge in [0.1, 0.15) is 67.3 Å². The van der Waals surface area contributed by atoms with Gasteiger partial charge >= 0.3 is 25.8 Å². The van der Waals surface area contributed by atoms with Crippen LogP contribution in [0.2, 0.25) is 0 Å². The summed E-state index contributed by atoms with van der Waals surface area (Å²) in [5.74, 6) is -2.12. The average molecular weight is 754 g/mol. The van der Waals surface area contributed by atoms with E-state index in [4.69, 9.17) is 29.0 Å². The maximum atomic E-state index is 14.1. The summed E-state index contributed by atoms with van der Waals surface area (Å²) in [6.07, 6.45) is -4.83. The Bertz CT molecular complexity index is 2030. The van der Waals surface area contributed by atoms with E-state index in [1.807, 2.05) is 0 Å². The first-order valence-corrected chi connectivity index (χ1v) is 17.4. The molecule has 1 fully saturated rings. The van der Waals surface area contributed by atoms with Crippen molar-refractivity contribution >= 4 is 37.1 Å². The zero-order chi connectivity index (χ0) is 38.3. The van der Waals surface area contributed by atoms with Crippen LogP contribution in [-0.2, 0) is 45.9 Å². The van der Waals surface area contributed by atoms with Crippen molar-refractivity contribution in [2.75, 3.05) is 19.5 Å². The van der Waals surface area contributed by atoms with Crippen molar-refractivity contribution in [3.05, 3.63) is 89.9 Å². The van der Waals surface area contributed by atoms with E-state index < -0.39 is 68.4 Å². The van der Waals surface area contributed by atoms with E-state index in [0.29, 0.717) is 16.6 Å². The standard InChI is InChI=1S/C33H36N7O12P/c1-19(31(45)48-2)39-53(47,50-17-33(16-34)28(42)26(41)27(51-33)24-12-13-25-29(35)36-18-37-40(24)25)52-22-10-8-20(9-11-22)14-23(30(43)44)38-32(46)49-15-21-6-4-3-5-7-21/h3-13,18-19,23,26-28,41-42H,14-15,17H2,1-2H3,(H,38,46)(H,39,47)(H,43,44)(H2,35,36,37)/t19?,23?,26-,27-,28-,33+,53?/m0/s1. The number of carbonyl (C=O) groups excluding carboxylic acids is 2. The Kier molecular flexibility index (Phi) is 11.9. The molecule has 2 aromatic heterocycles. The number of nitrogens with zero attached hydrogens (tertiary/aromatic N) is 4. The van der Waals surface area contributed by atoms with Crippen LogP contribution in [0.1, 0.15) is 29.8 Å². The number of aliphatic hydroxyl groups is 2. The molecular weight excluding hydrogens is 717 g/mol. The number of ether oxygens (including phenoxy) is 3. The lowest BCUT2D eigenvalue weighted by Crippen LogP contribution is -2.46. The molecule has 7 N–H and O–H groups in total. The molecular formula is C33H36N7O12P. The Labute approximate surface area is 301 Å². The summed E-state index contributed by atoms with van der Waals surface area (Å²) in [4.78, 5) is 40.4. The van der Waals surface area contributed by atoms with Crippen LogP contribution in [0.3, 0.4) is 0 Å². The van der Waals surface area contributed by atoms with Gasteiger partial charge in [-0.15, -0.1) is 0 Å². The molecule has 2 aromatic carbocycles. The van der Waals surface area contributed by atoms with E-state index in [1.54, 1.807) is 42.5 Å². The van der Waals surface area contributed by atoms with E-state index in [1.165, 1.54) is 48.1 Å². The SMILES string of the molecule is COC(=O)C(C)NP(=O)(OC[C@@]1(C#N)O[C@@H](c2ccc3c(N)ncnn23)[C@H](O)[C@@H]1O)Oc1ccc(CC(NC(=O)OCc2ccccc2)C(=O)O)cc1. The molecule has 1 amide bonds. The molecule has 1 saturated heterocycles. The maximum absolute atomic E-state index is 14.1. The van der Waals surface area contributed by atoms with E-state index >= 15 is 0 Å². The van der Waals surface area contributed by atoms with Crippen LogP contribution in [0.4, 0.5) is 10.6 Å². The molecule has 4 aromatic rings. The van der Waals surface area contributed by atoms with Crippen LogP contribution in [0.5, 0.6) is 5.75 Å².